The van der Waals surface area contributed by atoms with Crippen molar-refractivity contribution >= 4 is 17.4 Å². The lowest BCUT2D eigenvalue weighted by Gasteiger charge is -2.16. The van der Waals surface area contributed by atoms with E-state index in [1.54, 1.807) is 24.3 Å². The fraction of sp³-hybridized carbons (Fsp3) is 0.333. The molecule has 1 atom stereocenters. The smallest absolute Gasteiger partial charge is 0.245 e. The second kappa shape index (κ2) is 4.06. The third-order valence-corrected chi connectivity index (χ3v) is 2.73. The van der Waals surface area contributed by atoms with Crippen LogP contribution in [0.3, 0.4) is 0 Å². The van der Waals surface area contributed by atoms with Crippen molar-refractivity contribution in [1.82, 2.24) is 5.43 Å². The van der Waals surface area contributed by atoms with E-state index in [1.807, 2.05) is 6.92 Å². The molecule has 0 aromatic heterocycles. The number of hydrazine groups is 1. The van der Waals surface area contributed by atoms with Crippen LogP contribution in [-0.2, 0) is 4.79 Å². The van der Waals surface area contributed by atoms with E-state index in [1.165, 1.54) is 11.9 Å². The molecular weight excluding hydrogens is 204 g/mol. The molecule has 0 spiro atoms. The number of rotatable bonds is 2. The Balaban J connectivity index is 2.22. The summed E-state index contributed by atoms with van der Waals surface area (Å²) in [4.78, 5) is 22.8. The molecular formula is C12H14N2O2. The highest BCUT2D eigenvalue weighted by molar-refractivity contribution is 5.97. The van der Waals surface area contributed by atoms with E-state index < -0.39 is 0 Å². The van der Waals surface area contributed by atoms with Crippen LogP contribution < -0.4 is 10.4 Å². The molecule has 0 radical (unpaired) electrons. The molecule has 0 saturated carbocycles. The zero-order valence-electron chi connectivity index (χ0n) is 9.36. The van der Waals surface area contributed by atoms with Gasteiger partial charge in [-0.25, -0.2) is 10.4 Å². The first-order valence-electron chi connectivity index (χ1n) is 5.28. The summed E-state index contributed by atoms with van der Waals surface area (Å²) in [5, 5.41) is 1.54. The highest BCUT2D eigenvalue weighted by atomic mass is 16.2. The molecule has 0 bridgehead atoms. The summed E-state index contributed by atoms with van der Waals surface area (Å²) in [6, 6.07) is 7.02. The summed E-state index contributed by atoms with van der Waals surface area (Å²) in [7, 11) is 0. The lowest BCUT2D eigenvalue weighted by atomic mass is 10.1. The monoisotopic (exact) mass is 218 g/mol. The van der Waals surface area contributed by atoms with Crippen molar-refractivity contribution in [1.29, 1.82) is 0 Å². The van der Waals surface area contributed by atoms with Gasteiger partial charge in [0, 0.05) is 12.1 Å². The highest BCUT2D eigenvalue weighted by Crippen LogP contribution is 2.19. The minimum Gasteiger partial charge on any atom is -0.295 e. The Kier molecular flexibility index (Phi) is 2.75. The standard InChI is InChI=1S/C12H14N2O2/c1-8-7-13-14(12(8)16)11-5-3-10(4-6-11)9(2)15/h3-6,8,13H,7H2,1-2H3. The molecule has 2 rings (SSSR count). The van der Waals surface area contributed by atoms with Gasteiger partial charge >= 0.3 is 0 Å². The molecule has 1 saturated heterocycles. The summed E-state index contributed by atoms with van der Waals surface area (Å²) in [5.74, 6) is 0.101. The molecule has 1 heterocycles. The number of anilines is 1. The summed E-state index contributed by atoms with van der Waals surface area (Å²) < 4.78 is 0. The van der Waals surface area contributed by atoms with Crippen LogP contribution in [0.5, 0.6) is 0 Å². The number of hydrogen-bond donors (Lipinski definition) is 1. The maximum Gasteiger partial charge on any atom is 0.245 e. The molecule has 1 unspecified atom stereocenters. The Hall–Kier alpha value is -1.68. The van der Waals surface area contributed by atoms with Gasteiger partial charge < -0.3 is 0 Å². The number of hydrogen-bond acceptors (Lipinski definition) is 3. The third-order valence-electron chi connectivity index (χ3n) is 2.73. The summed E-state index contributed by atoms with van der Waals surface area (Å²) in [6.45, 7) is 4.07. The maximum absolute atomic E-state index is 11.7. The number of nitrogens with one attached hydrogen (secondary N) is 1. The average molecular weight is 218 g/mol. The fourth-order valence-corrected chi connectivity index (χ4v) is 1.68. The van der Waals surface area contributed by atoms with Crippen LogP contribution in [0.15, 0.2) is 24.3 Å². The lowest BCUT2D eigenvalue weighted by molar-refractivity contribution is -0.119. The van der Waals surface area contributed by atoms with E-state index in [9.17, 15) is 9.59 Å². The van der Waals surface area contributed by atoms with Crippen LogP contribution >= 0.6 is 0 Å². The van der Waals surface area contributed by atoms with E-state index in [0.717, 1.165) is 5.69 Å². The van der Waals surface area contributed by atoms with Crippen LogP contribution in [0.2, 0.25) is 0 Å². The van der Waals surface area contributed by atoms with E-state index in [-0.39, 0.29) is 17.6 Å². The van der Waals surface area contributed by atoms with Gasteiger partial charge in [0.1, 0.15) is 0 Å². The van der Waals surface area contributed by atoms with E-state index >= 15 is 0 Å². The van der Waals surface area contributed by atoms with Crippen molar-refractivity contribution in [2.24, 2.45) is 5.92 Å². The largest absolute Gasteiger partial charge is 0.295 e. The third kappa shape index (κ3) is 1.84. The molecule has 1 fully saturated rings. The summed E-state index contributed by atoms with van der Waals surface area (Å²) in [6.07, 6.45) is 0. The van der Waals surface area contributed by atoms with E-state index in [0.29, 0.717) is 12.1 Å². The van der Waals surface area contributed by atoms with Crippen LogP contribution in [0.1, 0.15) is 24.2 Å². The predicted octanol–water partition coefficient (Wildman–Crippen LogP) is 1.38. The molecule has 1 aliphatic rings. The number of ketones is 1. The van der Waals surface area contributed by atoms with E-state index in [4.69, 9.17) is 0 Å². The summed E-state index contributed by atoms with van der Waals surface area (Å²) in [5.41, 5.74) is 4.45. The zero-order chi connectivity index (χ0) is 11.7. The van der Waals surface area contributed by atoms with Gasteiger partial charge in [0.25, 0.3) is 0 Å². The minimum absolute atomic E-state index is 0.00693. The van der Waals surface area contributed by atoms with Crippen molar-refractivity contribution < 1.29 is 9.59 Å². The van der Waals surface area contributed by atoms with Gasteiger partial charge in [-0.1, -0.05) is 6.92 Å². The van der Waals surface area contributed by atoms with Crippen molar-refractivity contribution in [3.05, 3.63) is 29.8 Å². The number of carbonyl (C=O) groups excluding carboxylic acids is 2. The van der Waals surface area contributed by atoms with Gasteiger partial charge in [0.05, 0.1) is 11.6 Å². The van der Waals surface area contributed by atoms with Gasteiger partial charge in [-0.15, -0.1) is 0 Å². The Morgan fingerprint density at radius 1 is 1.38 bits per heavy atom. The lowest BCUT2D eigenvalue weighted by Crippen LogP contribution is -2.34. The predicted molar refractivity (Wildman–Crippen MR) is 61.1 cm³/mol. The number of amides is 1. The molecule has 16 heavy (non-hydrogen) atoms. The fourth-order valence-electron chi connectivity index (χ4n) is 1.68. The Morgan fingerprint density at radius 2 is 2.00 bits per heavy atom. The topological polar surface area (TPSA) is 49.4 Å². The van der Waals surface area contributed by atoms with Gasteiger partial charge in [-0.05, 0) is 31.2 Å². The molecule has 1 N–H and O–H groups in total. The first-order chi connectivity index (χ1) is 7.59. The second-order valence-electron chi connectivity index (χ2n) is 4.04. The van der Waals surface area contributed by atoms with Gasteiger partial charge in [-0.3, -0.25) is 9.59 Å². The molecule has 1 aromatic carbocycles. The maximum atomic E-state index is 11.7. The van der Waals surface area contributed by atoms with Gasteiger partial charge in [-0.2, -0.15) is 0 Å². The number of nitrogens with zero attached hydrogens (tertiary/aromatic N) is 1. The Morgan fingerprint density at radius 3 is 2.44 bits per heavy atom. The van der Waals surface area contributed by atoms with Crippen molar-refractivity contribution in [3.63, 3.8) is 0 Å². The molecule has 4 nitrogen and oxygen atoms in total. The molecule has 1 amide bonds. The SMILES string of the molecule is CC(=O)c1ccc(N2NCC(C)C2=O)cc1. The molecule has 84 valence electrons. The Bertz CT molecular complexity index is 425. The minimum atomic E-state index is 0.00693. The van der Waals surface area contributed by atoms with Gasteiger partial charge in [0.2, 0.25) is 5.91 Å². The quantitative estimate of drug-likeness (QED) is 0.763. The van der Waals surface area contributed by atoms with E-state index in [2.05, 4.69) is 5.43 Å². The number of carbonyl (C=O) groups is 2. The first-order valence-corrected chi connectivity index (χ1v) is 5.28. The summed E-state index contributed by atoms with van der Waals surface area (Å²) >= 11 is 0. The Labute approximate surface area is 94.2 Å². The van der Waals surface area contributed by atoms with Crippen LogP contribution in [0, 0.1) is 5.92 Å². The van der Waals surface area contributed by atoms with Crippen LogP contribution in [0.25, 0.3) is 0 Å². The highest BCUT2D eigenvalue weighted by Gasteiger charge is 2.28. The number of Topliss-reactive ketones (excluding diaryl/α,β-unsaturated/α-hetero) is 1. The normalized spacial score (nSPS) is 20.2. The first kappa shape index (κ1) is 10.8. The van der Waals surface area contributed by atoms with Crippen molar-refractivity contribution in [2.75, 3.05) is 11.6 Å². The molecule has 0 aliphatic carbocycles. The number of benzene rings is 1. The molecule has 4 heteroatoms. The van der Waals surface area contributed by atoms with Crippen molar-refractivity contribution in [2.45, 2.75) is 13.8 Å². The zero-order valence-corrected chi connectivity index (χ0v) is 9.36. The van der Waals surface area contributed by atoms with Gasteiger partial charge in [0.15, 0.2) is 5.78 Å². The van der Waals surface area contributed by atoms with Crippen LogP contribution in [0.4, 0.5) is 5.69 Å². The average Bonchev–Trinajstić information content (AvgIpc) is 2.60. The second-order valence-corrected chi connectivity index (χ2v) is 4.04. The molecule has 1 aliphatic heterocycles. The van der Waals surface area contributed by atoms with Crippen LogP contribution in [-0.4, -0.2) is 18.2 Å². The van der Waals surface area contributed by atoms with Crippen molar-refractivity contribution in [3.8, 4) is 0 Å². The molecule has 1 aromatic rings.